The zero-order chi connectivity index (χ0) is 8.59. The summed E-state index contributed by atoms with van der Waals surface area (Å²) in [5.74, 6) is -6.05. The summed E-state index contributed by atoms with van der Waals surface area (Å²) in [5.41, 5.74) is -3.30. The van der Waals surface area contributed by atoms with Gasteiger partial charge in [0, 0.05) is 8.19 Å². The lowest BCUT2D eigenvalue weighted by Crippen LogP contribution is -1.94. The maximum absolute atomic E-state index is 12.0. The summed E-state index contributed by atoms with van der Waals surface area (Å²) in [6, 6.07) is 0. The zero-order valence-corrected chi connectivity index (χ0v) is 5.73. The van der Waals surface area contributed by atoms with Gasteiger partial charge in [0.1, 0.15) is 0 Å². The van der Waals surface area contributed by atoms with Crippen molar-refractivity contribution in [3.63, 3.8) is 0 Å². The Bertz CT molecular complexity index is 271. The van der Waals surface area contributed by atoms with Gasteiger partial charge in [0.15, 0.2) is 11.1 Å². The summed E-state index contributed by atoms with van der Waals surface area (Å²) in [4.78, 5) is 0. The van der Waals surface area contributed by atoms with Gasteiger partial charge in [0.05, 0.1) is 0 Å². The summed E-state index contributed by atoms with van der Waals surface area (Å²) in [6.07, 6.45) is 0. The van der Waals surface area contributed by atoms with E-state index in [4.69, 9.17) is 0 Å². The van der Waals surface area contributed by atoms with Gasteiger partial charge >= 0.3 is 0 Å². The third kappa shape index (κ3) is 1.33. The highest BCUT2D eigenvalue weighted by molar-refractivity contribution is 7.28. The maximum Gasteiger partial charge on any atom is 0.202 e. The highest BCUT2D eigenvalue weighted by Crippen LogP contribution is 2.25. The summed E-state index contributed by atoms with van der Waals surface area (Å²) in [5, 5.41) is 0. The normalized spacial score (nSPS) is 10.3. The van der Waals surface area contributed by atoms with Gasteiger partial charge in [0.2, 0.25) is 17.5 Å². The van der Waals surface area contributed by atoms with Crippen LogP contribution in [0.5, 0.6) is 0 Å². The van der Waals surface area contributed by atoms with E-state index in [9.17, 15) is 22.0 Å². The van der Waals surface area contributed by atoms with Crippen molar-refractivity contribution in [3.05, 3.63) is 28.5 Å². The van der Waals surface area contributed by atoms with E-state index in [-0.39, 0.29) is 0 Å². The van der Waals surface area contributed by atoms with E-state index in [2.05, 4.69) is 0 Å². The molecule has 0 nitrogen and oxygen atoms in total. The standard InChI is InChI=1S/C5F5P/c6-1-2(7)4(9)11-5(10)3(1)8. The fourth-order valence-corrected chi connectivity index (χ4v) is 1.03. The summed E-state index contributed by atoms with van der Waals surface area (Å²) in [6.45, 7) is 0. The van der Waals surface area contributed by atoms with Crippen LogP contribution in [-0.4, -0.2) is 0 Å². The molecule has 0 spiro atoms. The van der Waals surface area contributed by atoms with Crippen molar-refractivity contribution < 1.29 is 22.0 Å². The number of hydrogen-bond acceptors (Lipinski definition) is 0. The van der Waals surface area contributed by atoms with Crippen LogP contribution in [-0.2, 0) is 0 Å². The molecule has 0 aliphatic heterocycles. The molecule has 60 valence electrons. The Balaban J connectivity index is 3.46. The molecule has 0 unspecified atom stereocenters. The molecule has 0 fully saturated rings. The average molecular weight is 186 g/mol. The van der Waals surface area contributed by atoms with E-state index in [1.54, 1.807) is 0 Å². The molecule has 0 aliphatic carbocycles. The molecule has 1 rings (SSSR count). The van der Waals surface area contributed by atoms with Crippen molar-refractivity contribution in [3.8, 4) is 0 Å². The molecule has 0 aromatic carbocycles. The molecule has 1 aromatic heterocycles. The Labute approximate surface area is 59.8 Å². The molecule has 0 radical (unpaired) electrons. The van der Waals surface area contributed by atoms with Gasteiger partial charge in [-0.25, -0.2) is 4.39 Å². The lowest BCUT2D eigenvalue weighted by molar-refractivity contribution is 0.398. The van der Waals surface area contributed by atoms with Crippen LogP contribution in [0.3, 0.4) is 0 Å². The number of hydrogen-bond donors (Lipinski definition) is 0. The SMILES string of the molecule is Fc1pc(F)c(F)c(F)c1F. The van der Waals surface area contributed by atoms with Gasteiger partial charge in [-0.05, 0) is 0 Å². The van der Waals surface area contributed by atoms with Crippen LogP contribution < -0.4 is 0 Å². The van der Waals surface area contributed by atoms with Gasteiger partial charge in [-0.15, -0.1) is 0 Å². The molecule has 11 heavy (non-hydrogen) atoms. The van der Waals surface area contributed by atoms with Crippen LogP contribution in [0.25, 0.3) is 0 Å². The van der Waals surface area contributed by atoms with E-state index in [1.807, 2.05) is 0 Å². The third-order valence-corrected chi connectivity index (χ3v) is 1.73. The van der Waals surface area contributed by atoms with Gasteiger partial charge in [-0.3, -0.25) is 0 Å². The lowest BCUT2D eigenvalue weighted by atomic mass is 10.5. The van der Waals surface area contributed by atoms with E-state index < -0.39 is 36.7 Å². The Morgan fingerprint density at radius 1 is 0.636 bits per heavy atom. The second-order valence-electron chi connectivity index (χ2n) is 1.64. The largest absolute Gasteiger partial charge is 0.202 e. The van der Waals surface area contributed by atoms with Crippen molar-refractivity contribution in [2.45, 2.75) is 0 Å². The van der Waals surface area contributed by atoms with Gasteiger partial charge in [0.25, 0.3) is 0 Å². The van der Waals surface area contributed by atoms with Crippen LogP contribution in [0.15, 0.2) is 0 Å². The molecule has 0 atom stereocenters. The molecule has 0 N–H and O–H groups in total. The van der Waals surface area contributed by atoms with Crippen molar-refractivity contribution in [2.24, 2.45) is 0 Å². The van der Waals surface area contributed by atoms with Crippen LogP contribution in [0.1, 0.15) is 0 Å². The molecule has 0 saturated heterocycles. The van der Waals surface area contributed by atoms with E-state index in [0.29, 0.717) is 0 Å². The fourth-order valence-electron chi connectivity index (χ4n) is 0.462. The molecule has 0 aliphatic rings. The minimum absolute atomic E-state index is 0.906. The van der Waals surface area contributed by atoms with Gasteiger partial charge < -0.3 is 0 Å². The van der Waals surface area contributed by atoms with Gasteiger partial charge in [-0.2, -0.15) is 17.6 Å². The first-order chi connectivity index (χ1) is 5.04. The summed E-state index contributed by atoms with van der Waals surface area (Å²) < 4.78 is 60.2. The maximum atomic E-state index is 12.0. The van der Waals surface area contributed by atoms with Crippen molar-refractivity contribution in [2.75, 3.05) is 0 Å². The minimum Gasteiger partial charge on any atom is -0.200 e. The Morgan fingerprint density at radius 3 is 1.36 bits per heavy atom. The summed E-state index contributed by atoms with van der Waals surface area (Å²) >= 11 is 0. The van der Waals surface area contributed by atoms with Crippen LogP contribution >= 0.6 is 8.19 Å². The van der Waals surface area contributed by atoms with Crippen LogP contribution in [0, 0.1) is 28.5 Å². The third-order valence-electron chi connectivity index (χ3n) is 0.944. The van der Waals surface area contributed by atoms with Crippen LogP contribution in [0.4, 0.5) is 22.0 Å². The minimum atomic E-state index is -2.11. The molecule has 0 saturated carbocycles. The monoisotopic (exact) mass is 186 g/mol. The molecule has 0 amide bonds. The predicted molar refractivity (Wildman–Crippen MR) is 28.7 cm³/mol. The van der Waals surface area contributed by atoms with E-state index in [0.717, 1.165) is 0 Å². The fraction of sp³-hybridized carbons (Fsp3) is 0. The van der Waals surface area contributed by atoms with Crippen molar-refractivity contribution in [1.29, 1.82) is 0 Å². The first-order valence-corrected chi connectivity index (χ1v) is 3.29. The molecule has 1 heterocycles. The Hall–Kier alpha value is -0.700. The van der Waals surface area contributed by atoms with Crippen molar-refractivity contribution in [1.82, 2.24) is 0 Å². The molecular formula is C5F5P. The lowest BCUT2D eigenvalue weighted by Gasteiger charge is -1.95. The molecule has 6 heteroatoms. The number of rotatable bonds is 0. The smallest absolute Gasteiger partial charge is 0.200 e. The molecule has 1 aromatic rings. The van der Waals surface area contributed by atoms with E-state index >= 15 is 0 Å². The van der Waals surface area contributed by atoms with E-state index in [1.165, 1.54) is 0 Å². The Kier molecular flexibility index (Phi) is 2.09. The first kappa shape index (κ1) is 8.40. The quantitative estimate of drug-likeness (QED) is 0.546. The summed E-state index contributed by atoms with van der Waals surface area (Å²) in [7, 11) is -0.906. The second-order valence-corrected chi connectivity index (χ2v) is 2.64. The average Bonchev–Trinajstić information content (AvgIpc) is 1.97. The first-order valence-electron chi connectivity index (χ1n) is 2.39. The highest BCUT2D eigenvalue weighted by Gasteiger charge is 2.18. The van der Waals surface area contributed by atoms with Crippen molar-refractivity contribution >= 4 is 8.19 Å². The predicted octanol–water partition coefficient (Wildman–Crippen LogP) is 2.96. The second kappa shape index (κ2) is 2.74. The van der Waals surface area contributed by atoms with Gasteiger partial charge in [-0.1, -0.05) is 0 Å². The zero-order valence-electron chi connectivity index (χ0n) is 4.84. The number of halogens is 5. The highest BCUT2D eigenvalue weighted by atomic mass is 31.0. The topological polar surface area (TPSA) is 0 Å². The Morgan fingerprint density at radius 2 is 1.00 bits per heavy atom. The van der Waals surface area contributed by atoms with Crippen LogP contribution in [0.2, 0.25) is 0 Å². The molecule has 0 bridgehead atoms. The molecular weight excluding hydrogens is 186 g/mol.